The summed E-state index contributed by atoms with van der Waals surface area (Å²) in [5.41, 5.74) is 14.9. The zero-order valence-electron chi connectivity index (χ0n) is 41.7. The number of anilines is 4. The summed E-state index contributed by atoms with van der Waals surface area (Å²) in [6.45, 7) is 8.07. The molecule has 0 aliphatic rings. The number of quaternary nitrogens is 2. The van der Waals surface area contributed by atoms with Crippen molar-refractivity contribution in [2.24, 2.45) is 0 Å². The summed E-state index contributed by atoms with van der Waals surface area (Å²) < 4.78 is 6.71. The molecule has 11 heteroatoms. The van der Waals surface area contributed by atoms with Crippen LogP contribution >= 0.6 is 21.6 Å². The Labute approximate surface area is 409 Å². The number of unbranched alkanes of at least 4 members (excludes halogenated alkanes) is 2. The monoisotopic (exact) mass is 941 g/mol. The number of aryl methyl sites for hydroxylation is 2. The van der Waals surface area contributed by atoms with Crippen LogP contribution in [0.25, 0.3) is 45.8 Å². The Balaban J connectivity index is 0.909. The van der Waals surface area contributed by atoms with Crippen LogP contribution in [0, 0.1) is 0 Å². The highest BCUT2D eigenvalue weighted by Gasteiger charge is 2.19. The number of hydrogen-bond acceptors (Lipinski definition) is 6. The van der Waals surface area contributed by atoms with Crippen molar-refractivity contribution < 1.29 is 22.9 Å². The number of amides is 1. The van der Waals surface area contributed by atoms with Gasteiger partial charge < -0.3 is 29.8 Å². The van der Waals surface area contributed by atoms with Crippen molar-refractivity contribution in [1.29, 1.82) is 0 Å². The van der Waals surface area contributed by atoms with E-state index in [9.17, 15) is 4.79 Å². The lowest BCUT2D eigenvalue weighted by Gasteiger charge is -2.30. The number of carbonyl (C=O) groups excluding carboxylic acids is 1. The molecule has 0 atom stereocenters. The first-order valence-electron chi connectivity index (χ1n) is 23.8. The van der Waals surface area contributed by atoms with Gasteiger partial charge in [0.05, 0.1) is 71.6 Å². The van der Waals surface area contributed by atoms with Crippen LogP contribution in [0.4, 0.5) is 22.7 Å². The molecule has 9 nitrogen and oxygen atoms in total. The van der Waals surface area contributed by atoms with Crippen LogP contribution in [-0.4, -0.2) is 109 Å². The predicted molar refractivity (Wildman–Crippen MR) is 293 cm³/mol. The quantitative estimate of drug-likeness (QED) is 0.0273. The zero-order chi connectivity index (χ0) is 48.0. The van der Waals surface area contributed by atoms with Crippen molar-refractivity contribution in [3.05, 3.63) is 132 Å². The molecule has 0 bridgehead atoms. The Morgan fingerprint density at radius 3 is 1.49 bits per heavy atom. The van der Waals surface area contributed by atoms with Crippen molar-refractivity contribution in [1.82, 2.24) is 0 Å². The van der Waals surface area contributed by atoms with Crippen molar-refractivity contribution >= 4 is 96.1 Å². The second-order valence-corrected chi connectivity index (χ2v) is 22.2. The average molecular weight is 941 g/mol. The van der Waals surface area contributed by atoms with Crippen LogP contribution in [0.15, 0.2) is 109 Å². The Hall–Kier alpha value is -5.33. The van der Waals surface area contributed by atoms with Gasteiger partial charge in [-0.05, 0) is 46.2 Å². The van der Waals surface area contributed by atoms with Gasteiger partial charge in [-0.1, -0.05) is 82.3 Å². The third-order valence-electron chi connectivity index (χ3n) is 12.7. The fourth-order valence-corrected chi connectivity index (χ4v) is 11.2. The van der Waals surface area contributed by atoms with Crippen LogP contribution in [-0.2, 0) is 17.9 Å². The van der Waals surface area contributed by atoms with E-state index in [0.717, 1.165) is 95.2 Å². The van der Waals surface area contributed by atoms with Gasteiger partial charge in [0, 0.05) is 125 Å². The van der Waals surface area contributed by atoms with Crippen LogP contribution in [0.5, 0.6) is 0 Å². The van der Waals surface area contributed by atoms with E-state index in [1.807, 2.05) is 33.7 Å². The molecule has 0 aliphatic heterocycles. The number of fused-ring (bicyclic) bond motifs is 2. The number of aromatic nitrogens is 2. The van der Waals surface area contributed by atoms with Crippen molar-refractivity contribution in [2.75, 3.05) is 115 Å². The van der Waals surface area contributed by atoms with E-state index in [1.165, 1.54) is 57.0 Å². The second-order valence-electron chi connectivity index (χ2n) is 19.5. The predicted octanol–water partition coefficient (Wildman–Crippen LogP) is 10.4. The number of nitrogen functional groups attached to an aromatic ring is 1. The third kappa shape index (κ3) is 15.1. The highest BCUT2D eigenvalue weighted by molar-refractivity contribution is 8.76. The molecule has 0 unspecified atom stereocenters. The number of benzene rings is 4. The molecule has 1 amide bonds. The molecule has 0 radical (unpaired) electrons. The van der Waals surface area contributed by atoms with E-state index in [1.54, 1.807) is 6.92 Å². The van der Waals surface area contributed by atoms with E-state index in [2.05, 4.69) is 202 Å². The van der Waals surface area contributed by atoms with E-state index in [4.69, 9.17) is 5.73 Å². The molecule has 354 valence electrons. The molecule has 67 heavy (non-hydrogen) atoms. The lowest BCUT2D eigenvalue weighted by molar-refractivity contribution is -0.888. The zero-order valence-corrected chi connectivity index (χ0v) is 43.3. The van der Waals surface area contributed by atoms with Crippen molar-refractivity contribution in [3.8, 4) is 0 Å². The highest BCUT2D eigenvalue weighted by atomic mass is 33.1. The molecule has 4 aromatic carbocycles. The number of rotatable bonds is 24. The molecular weight excluding hydrogens is 865 g/mol. The largest absolute Gasteiger partial charge is 0.398 e. The third-order valence-corrected chi connectivity index (χ3v) is 15.0. The smallest absolute Gasteiger partial charge is 0.221 e. The number of carbonyl (C=O) groups is 1. The van der Waals surface area contributed by atoms with E-state index < -0.39 is 0 Å². The molecule has 0 aliphatic carbocycles. The minimum absolute atomic E-state index is 0.0648. The molecular formula is C56H76N8OS2+4. The Bertz CT molecular complexity index is 2650. The van der Waals surface area contributed by atoms with E-state index in [-0.39, 0.29) is 5.91 Å². The van der Waals surface area contributed by atoms with Crippen molar-refractivity contribution in [2.45, 2.75) is 45.7 Å². The van der Waals surface area contributed by atoms with Gasteiger partial charge in [-0.25, -0.2) is 0 Å². The molecule has 0 saturated carbocycles. The minimum Gasteiger partial charge on any atom is -0.398 e. The van der Waals surface area contributed by atoms with Crippen LogP contribution in [0.3, 0.4) is 0 Å². The second kappa shape index (κ2) is 24.1. The summed E-state index contributed by atoms with van der Waals surface area (Å²) in [5.74, 6) is 2.24. The van der Waals surface area contributed by atoms with E-state index >= 15 is 0 Å². The number of hydrogen-bond donors (Lipinski definition) is 2. The molecule has 0 spiro atoms. The summed E-state index contributed by atoms with van der Waals surface area (Å²) in [7, 11) is 21.9. The summed E-state index contributed by atoms with van der Waals surface area (Å²) in [6.07, 6.45) is 17.6. The van der Waals surface area contributed by atoms with Gasteiger partial charge >= 0.3 is 0 Å². The maximum Gasteiger partial charge on any atom is 0.221 e. The minimum atomic E-state index is -0.0648. The summed E-state index contributed by atoms with van der Waals surface area (Å²) in [4.78, 5) is 16.3. The van der Waals surface area contributed by atoms with Gasteiger partial charge in [0.2, 0.25) is 17.3 Å². The van der Waals surface area contributed by atoms with Gasteiger partial charge in [0.15, 0.2) is 12.4 Å². The SMILES string of the molecule is CC(=O)Nc1cc[n+](CCCC[N+](C)(C)CCSSCC[N+](C)(C)CCCC[n+]2ccc(N)cc2/C=C/c2ccc(N(C)C)c3ccccc23)c(/C=C/c2ccc(N(C)C)c3ccccc23)c1. The van der Waals surface area contributed by atoms with Gasteiger partial charge in [0.1, 0.15) is 13.1 Å². The molecule has 6 aromatic rings. The maximum absolute atomic E-state index is 11.9. The lowest BCUT2D eigenvalue weighted by atomic mass is 10.0. The number of nitrogens with one attached hydrogen (secondary N) is 1. The summed E-state index contributed by atoms with van der Waals surface area (Å²) in [6, 6.07) is 34.2. The Morgan fingerprint density at radius 1 is 0.582 bits per heavy atom. The van der Waals surface area contributed by atoms with Crippen LogP contribution in [0.1, 0.15) is 55.1 Å². The number of pyridine rings is 2. The van der Waals surface area contributed by atoms with Crippen LogP contribution in [0.2, 0.25) is 0 Å². The molecule has 3 N–H and O–H groups in total. The molecule has 2 aromatic heterocycles. The van der Waals surface area contributed by atoms with Gasteiger partial charge in [-0.3, -0.25) is 4.79 Å². The van der Waals surface area contributed by atoms with Crippen molar-refractivity contribution in [3.63, 3.8) is 0 Å². The molecule has 0 fully saturated rings. The first-order chi connectivity index (χ1) is 32.1. The van der Waals surface area contributed by atoms with Gasteiger partial charge in [-0.2, -0.15) is 9.13 Å². The Kier molecular flexibility index (Phi) is 18.4. The van der Waals surface area contributed by atoms with Crippen LogP contribution < -0.4 is 30.0 Å². The first-order valence-corrected chi connectivity index (χ1v) is 26.3. The number of nitrogens with zero attached hydrogens (tertiary/aromatic N) is 6. The summed E-state index contributed by atoms with van der Waals surface area (Å²) in [5, 5.41) is 7.94. The average Bonchev–Trinajstić information content (AvgIpc) is 3.29. The van der Waals surface area contributed by atoms with Gasteiger partial charge in [0.25, 0.3) is 0 Å². The summed E-state index contributed by atoms with van der Waals surface area (Å²) >= 11 is 0. The lowest BCUT2D eigenvalue weighted by Crippen LogP contribution is -2.43. The normalized spacial score (nSPS) is 12.2. The first kappa shape index (κ1) is 51.1. The maximum atomic E-state index is 11.9. The molecule has 0 saturated heterocycles. The fraction of sp³-hybridized carbons (Fsp3) is 0.375. The topological polar surface area (TPSA) is 69.4 Å². The van der Waals surface area contributed by atoms with Gasteiger partial charge in [-0.15, -0.1) is 0 Å². The fourth-order valence-electron chi connectivity index (χ4n) is 8.67. The number of nitrogens with two attached hydrogens (primary N) is 1. The highest BCUT2D eigenvalue weighted by Crippen LogP contribution is 2.31. The standard InChI is InChI=1S/C56H74N8OS2/c1-44(65)58-48-31-35-62(50(43-48)27-23-46-25-29-56(60(4)5)54-21-13-11-19-52(46)54)33-15-17-37-64(8,9)39-41-67-66-40-38-63(6,7)36-16-14-32-61-34-30-47(57)42-49(61)26-22-45-24-28-55(59(2)3)53-20-12-10-18-51(45)53/h10-13,18-31,34-35,42-43,57H,14-17,32-33,36-41H2,1-9H3/q+2/p+2/b26-22+,27-23+. The Morgan fingerprint density at radius 2 is 1.03 bits per heavy atom. The molecule has 2 heterocycles. The molecule has 6 rings (SSSR count). The van der Waals surface area contributed by atoms with E-state index in [0.29, 0.717) is 0 Å².